The molecule has 0 radical (unpaired) electrons. The summed E-state index contributed by atoms with van der Waals surface area (Å²) in [5, 5.41) is 9.32. The molecule has 1 N–H and O–H groups in total. The highest BCUT2D eigenvalue weighted by Gasteiger charge is 2.45. The van der Waals surface area contributed by atoms with Crippen LogP contribution in [0.2, 0.25) is 0 Å². The number of Topliss-reactive ketones (excluding diaryl/α,β-unsaturated/α-hetero) is 2. The summed E-state index contributed by atoms with van der Waals surface area (Å²) in [6.45, 7) is 8.68. The highest BCUT2D eigenvalue weighted by Crippen LogP contribution is 2.34. The average molecular weight is 602 g/mol. The molecule has 4 rings (SSSR count). The molecule has 0 spiro atoms. The van der Waals surface area contributed by atoms with Gasteiger partial charge in [0.2, 0.25) is 0 Å². The highest BCUT2D eigenvalue weighted by molar-refractivity contribution is 9.10. The molecule has 2 aliphatic heterocycles. The predicted molar refractivity (Wildman–Crippen MR) is 152 cm³/mol. The second-order valence-corrected chi connectivity index (χ2v) is 12.3. The molecule has 2 heterocycles. The fourth-order valence-corrected chi connectivity index (χ4v) is 5.95. The third kappa shape index (κ3) is 7.68. The lowest BCUT2D eigenvalue weighted by molar-refractivity contribution is -0.134. The van der Waals surface area contributed by atoms with Crippen LogP contribution in [0.3, 0.4) is 0 Å². The number of carboxylic acid groups (broad SMARTS) is 1. The molecule has 0 aliphatic carbocycles. The summed E-state index contributed by atoms with van der Waals surface area (Å²) < 4.78 is 5.30. The van der Waals surface area contributed by atoms with Gasteiger partial charge in [0.25, 0.3) is 0 Å². The smallest absolute Gasteiger partial charge is 0.410 e. The summed E-state index contributed by atoms with van der Waals surface area (Å²) in [7, 11) is 0. The molecular weight excluding hydrogens is 564 g/mol. The number of rotatable bonds is 4. The van der Waals surface area contributed by atoms with Crippen molar-refractivity contribution in [3.63, 3.8) is 0 Å². The molecule has 2 unspecified atom stereocenters. The standard InChI is InChI=1S/C15H18BrNO3.C15H19NO3/c1-15(2)10-17(8-12(16)13(15)18)14(19)20-9-11-6-4-3-5-7-11;1-15(2)12(10-11-6-4-3-5-7-11)16(14(18)19)9-8-13(15)17/h3-7,12H,8-10H2,1-2H3;3-7,12H,8-10H2,1-2H3,(H,18,19). The largest absolute Gasteiger partial charge is 0.465 e. The van der Waals surface area contributed by atoms with Crippen LogP contribution >= 0.6 is 15.9 Å². The van der Waals surface area contributed by atoms with Gasteiger partial charge >= 0.3 is 12.2 Å². The number of ketones is 2. The number of ether oxygens (including phenoxy) is 1. The summed E-state index contributed by atoms with van der Waals surface area (Å²) in [6, 6.07) is 19.0. The number of piperidine rings is 2. The Morgan fingerprint density at radius 1 is 0.974 bits per heavy atom. The first kappa shape index (κ1) is 30.3. The summed E-state index contributed by atoms with van der Waals surface area (Å²) >= 11 is 3.34. The molecule has 9 heteroatoms. The number of likely N-dealkylation sites (tertiary alicyclic amines) is 2. The van der Waals surface area contributed by atoms with Crippen LogP contribution in [0.5, 0.6) is 0 Å². The third-order valence-corrected chi connectivity index (χ3v) is 8.11. The molecule has 0 aromatic heterocycles. The molecule has 8 nitrogen and oxygen atoms in total. The van der Waals surface area contributed by atoms with Crippen molar-refractivity contribution < 1.29 is 29.0 Å². The second kappa shape index (κ2) is 12.8. The van der Waals surface area contributed by atoms with E-state index < -0.39 is 16.9 Å². The first-order chi connectivity index (χ1) is 18.3. The lowest BCUT2D eigenvalue weighted by atomic mass is 9.73. The van der Waals surface area contributed by atoms with Crippen LogP contribution in [-0.4, -0.2) is 69.2 Å². The van der Waals surface area contributed by atoms with E-state index in [9.17, 15) is 24.3 Å². The van der Waals surface area contributed by atoms with Gasteiger partial charge in [0, 0.05) is 36.9 Å². The number of carbonyl (C=O) groups excluding carboxylic acids is 3. The van der Waals surface area contributed by atoms with Gasteiger partial charge in [0.1, 0.15) is 12.4 Å². The number of amides is 2. The van der Waals surface area contributed by atoms with E-state index in [4.69, 9.17) is 4.74 Å². The van der Waals surface area contributed by atoms with Crippen LogP contribution in [0.1, 0.15) is 45.2 Å². The quantitative estimate of drug-likeness (QED) is 0.460. The Balaban J connectivity index is 0.000000216. The fourth-order valence-electron chi connectivity index (χ4n) is 4.98. The van der Waals surface area contributed by atoms with Gasteiger partial charge in [-0.25, -0.2) is 9.59 Å². The van der Waals surface area contributed by atoms with E-state index in [2.05, 4.69) is 15.9 Å². The zero-order chi connectivity index (χ0) is 28.8. The van der Waals surface area contributed by atoms with Crippen LogP contribution in [0.4, 0.5) is 9.59 Å². The molecular formula is C30H37BrN2O6. The summed E-state index contributed by atoms with van der Waals surface area (Å²) in [6.07, 6.45) is -0.434. The van der Waals surface area contributed by atoms with E-state index in [1.54, 1.807) is 4.90 Å². The Bertz CT molecular complexity index is 1170. The van der Waals surface area contributed by atoms with Gasteiger partial charge < -0.3 is 19.6 Å². The zero-order valence-electron chi connectivity index (χ0n) is 22.9. The van der Waals surface area contributed by atoms with Gasteiger partial charge in [-0.15, -0.1) is 0 Å². The molecule has 2 atom stereocenters. The van der Waals surface area contributed by atoms with E-state index in [-0.39, 0.29) is 35.1 Å². The highest BCUT2D eigenvalue weighted by atomic mass is 79.9. The molecule has 0 saturated carbocycles. The summed E-state index contributed by atoms with van der Waals surface area (Å²) in [5.41, 5.74) is 0.829. The molecule has 0 bridgehead atoms. The Morgan fingerprint density at radius 2 is 1.54 bits per heavy atom. The molecule has 2 aliphatic rings. The molecule has 210 valence electrons. The minimum Gasteiger partial charge on any atom is -0.465 e. The molecule has 2 fully saturated rings. The van der Waals surface area contributed by atoms with Crippen molar-refractivity contribution in [3.05, 3.63) is 71.8 Å². The van der Waals surface area contributed by atoms with Crippen molar-refractivity contribution >= 4 is 39.7 Å². The molecule has 2 aromatic carbocycles. The fraction of sp³-hybridized carbons (Fsp3) is 0.467. The van der Waals surface area contributed by atoms with Crippen molar-refractivity contribution in [1.82, 2.24) is 9.80 Å². The van der Waals surface area contributed by atoms with Gasteiger partial charge in [-0.1, -0.05) is 104 Å². The first-order valence-electron chi connectivity index (χ1n) is 13.0. The van der Waals surface area contributed by atoms with Crippen molar-refractivity contribution in [2.75, 3.05) is 19.6 Å². The maximum Gasteiger partial charge on any atom is 0.410 e. The Hall–Kier alpha value is -3.20. The number of hydrogen-bond donors (Lipinski definition) is 1. The van der Waals surface area contributed by atoms with E-state index in [1.165, 1.54) is 4.90 Å². The van der Waals surface area contributed by atoms with Crippen molar-refractivity contribution in [1.29, 1.82) is 0 Å². The number of carbonyl (C=O) groups is 4. The van der Waals surface area contributed by atoms with Crippen molar-refractivity contribution in [2.24, 2.45) is 10.8 Å². The number of benzene rings is 2. The van der Waals surface area contributed by atoms with Gasteiger partial charge in [-0.05, 0) is 17.5 Å². The maximum atomic E-state index is 12.1. The lowest BCUT2D eigenvalue weighted by Gasteiger charge is -2.44. The van der Waals surface area contributed by atoms with Crippen molar-refractivity contribution in [3.8, 4) is 0 Å². The Morgan fingerprint density at radius 3 is 2.08 bits per heavy atom. The predicted octanol–water partition coefficient (Wildman–Crippen LogP) is 5.57. The third-order valence-electron chi connectivity index (χ3n) is 7.41. The van der Waals surface area contributed by atoms with Crippen molar-refractivity contribution in [2.45, 2.75) is 58.0 Å². The summed E-state index contributed by atoms with van der Waals surface area (Å²) in [4.78, 5) is 50.2. The monoisotopic (exact) mass is 600 g/mol. The normalized spacial score (nSPS) is 22.0. The van der Waals surface area contributed by atoms with Crippen LogP contribution < -0.4 is 0 Å². The Kier molecular flexibility index (Phi) is 9.93. The molecule has 2 saturated heterocycles. The molecule has 2 amide bonds. The minimum absolute atomic E-state index is 0.129. The van der Waals surface area contributed by atoms with Crippen LogP contribution in [0, 0.1) is 10.8 Å². The van der Waals surface area contributed by atoms with E-state index in [1.807, 2.05) is 88.4 Å². The second-order valence-electron chi connectivity index (χ2n) is 11.2. The average Bonchev–Trinajstić information content (AvgIpc) is 2.90. The number of halogens is 1. The molecule has 2 aromatic rings. The van der Waals surface area contributed by atoms with Gasteiger partial charge in [0.05, 0.1) is 10.9 Å². The van der Waals surface area contributed by atoms with E-state index in [0.29, 0.717) is 32.5 Å². The van der Waals surface area contributed by atoms with Gasteiger partial charge in [-0.2, -0.15) is 0 Å². The van der Waals surface area contributed by atoms with Crippen LogP contribution in [-0.2, 0) is 27.4 Å². The minimum atomic E-state index is -0.943. The van der Waals surface area contributed by atoms with Gasteiger partial charge in [0.15, 0.2) is 5.78 Å². The first-order valence-corrected chi connectivity index (χ1v) is 14.0. The van der Waals surface area contributed by atoms with Crippen LogP contribution in [0.15, 0.2) is 60.7 Å². The van der Waals surface area contributed by atoms with Gasteiger partial charge in [-0.3, -0.25) is 9.59 Å². The number of nitrogens with zero attached hydrogens (tertiary/aromatic N) is 2. The number of hydrogen-bond acceptors (Lipinski definition) is 5. The van der Waals surface area contributed by atoms with E-state index in [0.717, 1.165) is 11.1 Å². The van der Waals surface area contributed by atoms with E-state index >= 15 is 0 Å². The Labute approximate surface area is 238 Å². The SMILES string of the molecule is CC1(C)C(=O)CCN(C(=O)O)C1Cc1ccccc1.CC1(C)CN(C(=O)OCc2ccccc2)CC(Br)C1=O. The summed E-state index contributed by atoms with van der Waals surface area (Å²) in [5.74, 6) is 0.274. The van der Waals surface area contributed by atoms with Crippen LogP contribution in [0.25, 0.3) is 0 Å². The number of alkyl halides is 1. The topological polar surface area (TPSA) is 104 Å². The zero-order valence-corrected chi connectivity index (χ0v) is 24.5. The maximum absolute atomic E-state index is 12.1. The molecule has 39 heavy (non-hydrogen) atoms. The lowest BCUT2D eigenvalue weighted by Crippen LogP contribution is -2.57.